The van der Waals surface area contributed by atoms with E-state index in [2.05, 4.69) is 16.0 Å². The molecule has 1 atom stereocenters. The molecule has 1 aromatic rings. The van der Waals surface area contributed by atoms with Crippen molar-refractivity contribution in [1.82, 2.24) is 5.32 Å². The van der Waals surface area contributed by atoms with Crippen LogP contribution >= 0.6 is 0 Å². The van der Waals surface area contributed by atoms with Crippen LogP contribution in [0.3, 0.4) is 0 Å². The maximum atomic E-state index is 13.1. The molecular weight excluding hydrogens is 225 g/mol. The Kier molecular flexibility index (Phi) is 4.49. The monoisotopic (exact) mass is 237 g/mol. The van der Waals surface area contributed by atoms with Gasteiger partial charge in [0, 0.05) is 6.07 Å². The van der Waals surface area contributed by atoms with E-state index in [1.165, 1.54) is 13.2 Å². The lowest BCUT2D eigenvalue weighted by Crippen LogP contribution is -2.30. The van der Waals surface area contributed by atoms with Gasteiger partial charge in [0.15, 0.2) is 0 Å². The first kappa shape index (κ1) is 13.0. The average molecular weight is 237 g/mol. The van der Waals surface area contributed by atoms with Crippen molar-refractivity contribution in [2.75, 3.05) is 13.7 Å². The third-order valence-corrected chi connectivity index (χ3v) is 2.08. The van der Waals surface area contributed by atoms with Crippen LogP contribution in [0.25, 0.3) is 0 Å². The Morgan fingerprint density at radius 1 is 1.65 bits per heavy atom. The summed E-state index contributed by atoms with van der Waals surface area (Å²) in [5, 5.41) is 12.0. The van der Waals surface area contributed by atoms with Gasteiger partial charge in [0.05, 0.1) is 13.7 Å². The number of aromatic hydroxyl groups is 1. The molecule has 0 aromatic heterocycles. The number of hydrogen-bond acceptors (Lipinski definition) is 4. The molecular formula is C12H12FNO3. The first-order chi connectivity index (χ1) is 8.08. The number of rotatable bonds is 4. The van der Waals surface area contributed by atoms with Gasteiger partial charge in [-0.25, -0.2) is 9.18 Å². The molecule has 0 spiro atoms. The largest absolute Gasteiger partial charge is 0.508 e. The SMILES string of the molecule is C#CCNC(C(=O)OC)c1cc(O)cc(F)c1. The Bertz CT molecular complexity index is 433. The number of nitrogens with one attached hydrogen (secondary N) is 1. The lowest BCUT2D eigenvalue weighted by Gasteiger charge is -2.15. The van der Waals surface area contributed by atoms with Gasteiger partial charge in [0.25, 0.3) is 0 Å². The summed E-state index contributed by atoms with van der Waals surface area (Å²) < 4.78 is 17.7. The number of hydrogen-bond donors (Lipinski definition) is 2. The van der Waals surface area contributed by atoms with Gasteiger partial charge in [0.2, 0.25) is 0 Å². The fourth-order valence-corrected chi connectivity index (χ4v) is 1.38. The third kappa shape index (κ3) is 3.47. The first-order valence-electron chi connectivity index (χ1n) is 4.82. The lowest BCUT2D eigenvalue weighted by atomic mass is 10.1. The van der Waals surface area contributed by atoms with Gasteiger partial charge in [-0.15, -0.1) is 6.42 Å². The van der Waals surface area contributed by atoms with Crippen molar-refractivity contribution in [3.05, 3.63) is 29.6 Å². The molecule has 1 rings (SSSR count). The number of carbonyl (C=O) groups excluding carboxylic acids is 1. The van der Waals surface area contributed by atoms with E-state index in [4.69, 9.17) is 6.42 Å². The van der Waals surface area contributed by atoms with Crippen molar-refractivity contribution in [2.45, 2.75) is 6.04 Å². The molecule has 90 valence electrons. The van der Waals surface area contributed by atoms with Crippen molar-refractivity contribution < 1.29 is 19.0 Å². The van der Waals surface area contributed by atoms with Crippen LogP contribution in [0.15, 0.2) is 18.2 Å². The van der Waals surface area contributed by atoms with Gasteiger partial charge in [0.1, 0.15) is 17.6 Å². The Hall–Kier alpha value is -2.06. The van der Waals surface area contributed by atoms with E-state index < -0.39 is 17.8 Å². The van der Waals surface area contributed by atoms with Gasteiger partial charge in [-0.1, -0.05) is 5.92 Å². The Labute approximate surface area is 98.4 Å². The van der Waals surface area contributed by atoms with Gasteiger partial charge < -0.3 is 9.84 Å². The molecule has 0 fully saturated rings. The summed E-state index contributed by atoms with van der Waals surface area (Å²) in [6.45, 7) is 0.122. The molecule has 0 heterocycles. The highest BCUT2D eigenvalue weighted by Gasteiger charge is 2.21. The highest BCUT2D eigenvalue weighted by molar-refractivity contribution is 5.77. The summed E-state index contributed by atoms with van der Waals surface area (Å²) in [6, 6.07) is 2.44. The van der Waals surface area contributed by atoms with Crippen LogP contribution in [0.2, 0.25) is 0 Å². The third-order valence-electron chi connectivity index (χ3n) is 2.08. The summed E-state index contributed by atoms with van der Waals surface area (Å²) >= 11 is 0. The van der Waals surface area contributed by atoms with Crippen molar-refractivity contribution in [3.8, 4) is 18.1 Å². The molecule has 1 unspecified atom stereocenters. The molecule has 1 aromatic carbocycles. The standard InChI is InChI=1S/C12H12FNO3/c1-3-4-14-11(12(16)17-2)8-5-9(13)7-10(15)6-8/h1,5-7,11,14-15H,4H2,2H3. The predicted octanol–water partition coefficient (Wildman–Crippen LogP) is 0.968. The first-order valence-corrected chi connectivity index (χ1v) is 4.82. The Morgan fingerprint density at radius 2 is 2.35 bits per heavy atom. The van der Waals surface area contributed by atoms with Crippen LogP contribution in [-0.4, -0.2) is 24.7 Å². The molecule has 0 radical (unpaired) electrons. The normalized spacial score (nSPS) is 11.6. The zero-order valence-corrected chi connectivity index (χ0v) is 9.24. The van der Waals surface area contributed by atoms with Gasteiger partial charge in [-0.3, -0.25) is 5.32 Å². The van der Waals surface area contributed by atoms with Crippen LogP contribution in [0.1, 0.15) is 11.6 Å². The summed E-state index contributed by atoms with van der Waals surface area (Å²) in [4.78, 5) is 11.5. The summed E-state index contributed by atoms with van der Waals surface area (Å²) in [5.41, 5.74) is 0.254. The number of carbonyl (C=O) groups is 1. The molecule has 0 aliphatic rings. The Balaban J connectivity index is 3.03. The fourth-order valence-electron chi connectivity index (χ4n) is 1.38. The second kappa shape index (κ2) is 5.87. The van der Waals surface area contributed by atoms with Gasteiger partial charge in [-0.2, -0.15) is 0 Å². The number of ether oxygens (including phenoxy) is 1. The van der Waals surface area contributed by atoms with Crippen LogP contribution in [0.5, 0.6) is 5.75 Å². The maximum absolute atomic E-state index is 13.1. The number of esters is 1. The molecule has 0 aliphatic carbocycles. The second-order valence-corrected chi connectivity index (χ2v) is 3.28. The maximum Gasteiger partial charge on any atom is 0.327 e. The van der Waals surface area contributed by atoms with Crippen LogP contribution in [0.4, 0.5) is 4.39 Å². The van der Waals surface area contributed by atoms with Gasteiger partial charge in [-0.05, 0) is 17.7 Å². The number of halogens is 1. The number of terminal acetylenes is 1. The molecule has 4 nitrogen and oxygen atoms in total. The highest BCUT2D eigenvalue weighted by Crippen LogP contribution is 2.21. The minimum Gasteiger partial charge on any atom is -0.508 e. The topological polar surface area (TPSA) is 58.6 Å². The van der Waals surface area contributed by atoms with E-state index >= 15 is 0 Å². The van der Waals surface area contributed by atoms with Crippen molar-refractivity contribution in [3.63, 3.8) is 0 Å². The predicted molar refractivity (Wildman–Crippen MR) is 59.7 cm³/mol. The smallest absolute Gasteiger partial charge is 0.327 e. The van der Waals surface area contributed by atoms with E-state index in [9.17, 15) is 14.3 Å². The number of phenolic OH excluding ortho intramolecular Hbond substituents is 1. The molecule has 0 amide bonds. The van der Waals surface area contributed by atoms with E-state index in [0.29, 0.717) is 0 Å². The molecule has 5 heteroatoms. The quantitative estimate of drug-likeness (QED) is 0.605. The fraction of sp³-hybridized carbons (Fsp3) is 0.250. The van der Waals surface area contributed by atoms with E-state index in [1.54, 1.807) is 0 Å². The van der Waals surface area contributed by atoms with Crippen LogP contribution in [-0.2, 0) is 9.53 Å². The summed E-state index contributed by atoms with van der Waals surface area (Å²) in [6.07, 6.45) is 5.07. The number of phenols is 1. The zero-order valence-electron chi connectivity index (χ0n) is 9.24. The minimum atomic E-state index is -0.905. The molecule has 17 heavy (non-hydrogen) atoms. The highest BCUT2D eigenvalue weighted by atomic mass is 19.1. The van der Waals surface area contributed by atoms with E-state index in [1.807, 2.05) is 0 Å². The lowest BCUT2D eigenvalue weighted by molar-refractivity contribution is -0.143. The molecule has 0 bridgehead atoms. The Morgan fingerprint density at radius 3 is 2.88 bits per heavy atom. The molecule has 0 saturated heterocycles. The van der Waals surface area contributed by atoms with Crippen LogP contribution in [0, 0.1) is 18.2 Å². The number of methoxy groups -OCH3 is 1. The second-order valence-electron chi connectivity index (χ2n) is 3.28. The van der Waals surface area contributed by atoms with E-state index in [-0.39, 0.29) is 17.9 Å². The van der Waals surface area contributed by atoms with Crippen molar-refractivity contribution >= 4 is 5.97 Å². The molecule has 0 aliphatic heterocycles. The summed E-state index contributed by atoms with van der Waals surface area (Å²) in [5.74, 6) is 0.785. The van der Waals surface area contributed by atoms with Crippen molar-refractivity contribution in [2.24, 2.45) is 0 Å². The van der Waals surface area contributed by atoms with Crippen molar-refractivity contribution in [1.29, 1.82) is 0 Å². The van der Waals surface area contributed by atoms with Gasteiger partial charge >= 0.3 is 5.97 Å². The number of benzene rings is 1. The van der Waals surface area contributed by atoms with E-state index in [0.717, 1.165) is 12.1 Å². The molecule has 0 saturated carbocycles. The summed E-state index contributed by atoms with van der Waals surface area (Å²) in [7, 11) is 1.21. The molecule has 2 N–H and O–H groups in total. The zero-order chi connectivity index (χ0) is 12.8. The minimum absolute atomic E-state index is 0.122. The average Bonchev–Trinajstić information content (AvgIpc) is 2.28. The van der Waals surface area contributed by atoms with Crippen LogP contribution < -0.4 is 5.32 Å².